The molecule has 1 aromatic carbocycles. The van der Waals surface area contributed by atoms with Crippen LogP contribution in [0.2, 0.25) is 0 Å². The number of fused-ring (bicyclic) bond motifs is 5. The van der Waals surface area contributed by atoms with Crippen LogP contribution in [-0.4, -0.2) is 34.9 Å². The number of hydrogen-bond donors (Lipinski definition) is 1. The Balaban J connectivity index is 1.34. The van der Waals surface area contributed by atoms with Crippen LogP contribution in [-0.2, 0) is 14.4 Å². The molecule has 0 aromatic heterocycles. The Morgan fingerprint density at radius 3 is 2.15 bits per heavy atom. The first-order valence-electron chi connectivity index (χ1n) is 9.22. The molecule has 1 N–H and O–H groups in total. The van der Waals surface area contributed by atoms with Gasteiger partial charge in [-0.3, -0.25) is 24.1 Å². The van der Waals surface area contributed by atoms with Gasteiger partial charge in [0.1, 0.15) is 0 Å². The quantitative estimate of drug-likeness (QED) is 0.649. The highest BCUT2D eigenvalue weighted by Crippen LogP contribution is 2.56. The molecule has 3 amide bonds. The second kappa shape index (κ2) is 6.34. The summed E-state index contributed by atoms with van der Waals surface area (Å²) in [5, 5.41) is 2.74. The van der Waals surface area contributed by atoms with Crippen molar-refractivity contribution < 1.29 is 19.2 Å². The van der Waals surface area contributed by atoms with Gasteiger partial charge in [-0.1, -0.05) is 0 Å². The average molecular weight is 354 g/mol. The van der Waals surface area contributed by atoms with Gasteiger partial charge in [0.05, 0.1) is 11.8 Å². The van der Waals surface area contributed by atoms with Crippen molar-refractivity contribution in [1.29, 1.82) is 0 Å². The number of nitrogens with zero attached hydrogens (tertiary/aromatic N) is 1. The zero-order valence-corrected chi connectivity index (χ0v) is 14.7. The molecule has 3 fully saturated rings. The summed E-state index contributed by atoms with van der Waals surface area (Å²) in [4.78, 5) is 49.9. The Morgan fingerprint density at radius 1 is 1.04 bits per heavy atom. The maximum absolute atomic E-state index is 12.6. The maximum atomic E-state index is 12.6. The number of ketones is 1. The van der Waals surface area contributed by atoms with Crippen LogP contribution < -0.4 is 5.32 Å². The third kappa shape index (κ3) is 2.73. The van der Waals surface area contributed by atoms with Gasteiger partial charge in [-0.05, 0) is 62.3 Å². The van der Waals surface area contributed by atoms with E-state index < -0.39 is 0 Å². The van der Waals surface area contributed by atoms with Gasteiger partial charge in [0, 0.05) is 24.2 Å². The molecule has 2 saturated carbocycles. The summed E-state index contributed by atoms with van der Waals surface area (Å²) in [6.45, 7) is 1.63. The highest BCUT2D eigenvalue weighted by molar-refractivity contribution is 6.06. The van der Waals surface area contributed by atoms with Crippen molar-refractivity contribution >= 4 is 29.2 Å². The summed E-state index contributed by atoms with van der Waals surface area (Å²) in [5.41, 5.74) is 1.17. The summed E-state index contributed by atoms with van der Waals surface area (Å²) in [5.74, 6) is 0.0123. The van der Waals surface area contributed by atoms with Gasteiger partial charge >= 0.3 is 0 Å². The molecule has 136 valence electrons. The van der Waals surface area contributed by atoms with Gasteiger partial charge in [0.25, 0.3) is 0 Å². The number of carbonyl (C=O) groups excluding carboxylic acids is 4. The predicted molar refractivity (Wildman–Crippen MR) is 94.2 cm³/mol. The van der Waals surface area contributed by atoms with Crippen molar-refractivity contribution in [3.05, 3.63) is 29.8 Å². The minimum atomic E-state index is -0.249. The number of imide groups is 1. The summed E-state index contributed by atoms with van der Waals surface area (Å²) in [7, 11) is 0. The first-order chi connectivity index (χ1) is 12.5. The third-order valence-electron chi connectivity index (χ3n) is 6.16. The second-order valence-corrected chi connectivity index (χ2v) is 7.64. The number of hydrogen-bond acceptors (Lipinski definition) is 4. The highest BCUT2D eigenvalue weighted by atomic mass is 16.2. The molecule has 2 bridgehead atoms. The van der Waals surface area contributed by atoms with Crippen LogP contribution in [0, 0.1) is 23.7 Å². The Hall–Kier alpha value is -2.50. The van der Waals surface area contributed by atoms with Gasteiger partial charge in [-0.2, -0.15) is 0 Å². The molecule has 1 heterocycles. The number of benzene rings is 1. The summed E-state index contributed by atoms with van der Waals surface area (Å²) < 4.78 is 0. The van der Waals surface area contributed by atoms with E-state index in [0.717, 1.165) is 19.3 Å². The topological polar surface area (TPSA) is 83.6 Å². The number of carbonyl (C=O) groups is 4. The number of likely N-dealkylation sites (tertiary alicyclic amines) is 1. The van der Waals surface area contributed by atoms with E-state index in [4.69, 9.17) is 0 Å². The van der Waals surface area contributed by atoms with Crippen LogP contribution in [0.4, 0.5) is 5.69 Å². The zero-order valence-electron chi connectivity index (χ0n) is 14.7. The SMILES string of the molecule is CC(=O)c1ccc(NC(=O)CCN2C(=O)[C@@H]3[C@H]4CC[C@@H](C4)[C@H]3C2=O)cc1. The molecule has 3 aliphatic rings. The van der Waals surface area contributed by atoms with Crippen LogP contribution in [0.25, 0.3) is 0 Å². The van der Waals surface area contributed by atoms with Crippen molar-refractivity contribution in [2.45, 2.75) is 32.6 Å². The lowest BCUT2D eigenvalue weighted by Gasteiger charge is -2.19. The summed E-state index contributed by atoms with van der Waals surface area (Å²) in [6.07, 6.45) is 3.20. The Kier molecular flexibility index (Phi) is 4.13. The summed E-state index contributed by atoms with van der Waals surface area (Å²) >= 11 is 0. The molecule has 1 aliphatic heterocycles. The molecular weight excluding hydrogens is 332 g/mol. The lowest BCUT2D eigenvalue weighted by Crippen LogP contribution is -2.35. The van der Waals surface area contributed by atoms with Crippen molar-refractivity contribution in [1.82, 2.24) is 4.90 Å². The van der Waals surface area contributed by atoms with E-state index in [-0.39, 0.29) is 48.3 Å². The molecule has 26 heavy (non-hydrogen) atoms. The van der Waals surface area contributed by atoms with Gasteiger partial charge in [0.15, 0.2) is 5.78 Å². The molecule has 0 radical (unpaired) electrons. The molecule has 1 saturated heterocycles. The number of amides is 3. The normalized spacial score (nSPS) is 29.2. The fraction of sp³-hybridized carbons (Fsp3) is 0.500. The van der Waals surface area contributed by atoms with Crippen molar-refractivity contribution in [3.63, 3.8) is 0 Å². The minimum absolute atomic E-state index is 0.0338. The maximum Gasteiger partial charge on any atom is 0.233 e. The van der Waals surface area contributed by atoms with Crippen molar-refractivity contribution in [3.8, 4) is 0 Å². The highest BCUT2D eigenvalue weighted by Gasteiger charge is 2.60. The lowest BCUT2D eigenvalue weighted by molar-refractivity contribution is -0.140. The van der Waals surface area contributed by atoms with Gasteiger partial charge in [0.2, 0.25) is 17.7 Å². The first-order valence-corrected chi connectivity index (χ1v) is 9.22. The standard InChI is InChI=1S/C20H22N2O4/c1-11(23)12-4-6-15(7-5-12)21-16(24)8-9-22-19(25)17-13-2-3-14(10-13)18(17)20(22)26/h4-7,13-14,17-18H,2-3,8-10H2,1H3,(H,21,24)/t13-,14-,17+,18+/m0/s1. The van der Waals surface area contributed by atoms with Crippen LogP contribution in [0.5, 0.6) is 0 Å². The van der Waals surface area contributed by atoms with Crippen LogP contribution in [0.3, 0.4) is 0 Å². The molecule has 6 nitrogen and oxygen atoms in total. The van der Waals surface area contributed by atoms with Crippen molar-refractivity contribution in [2.24, 2.45) is 23.7 Å². The summed E-state index contributed by atoms with van der Waals surface area (Å²) in [6, 6.07) is 6.65. The minimum Gasteiger partial charge on any atom is -0.326 e. The molecule has 1 aromatic rings. The van der Waals surface area contributed by atoms with Gasteiger partial charge in [-0.15, -0.1) is 0 Å². The average Bonchev–Trinajstić information content (AvgIpc) is 3.28. The second-order valence-electron chi connectivity index (χ2n) is 7.64. The molecule has 2 aliphatic carbocycles. The fourth-order valence-corrected chi connectivity index (χ4v) is 4.92. The number of rotatable bonds is 5. The van der Waals surface area contributed by atoms with Crippen LogP contribution in [0.15, 0.2) is 24.3 Å². The fourth-order valence-electron chi connectivity index (χ4n) is 4.92. The third-order valence-corrected chi connectivity index (χ3v) is 6.16. The Bertz CT molecular complexity index is 758. The van der Waals surface area contributed by atoms with E-state index >= 15 is 0 Å². The van der Waals surface area contributed by atoms with Crippen LogP contribution >= 0.6 is 0 Å². The van der Waals surface area contributed by atoms with Gasteiger partial charge in [-0.25, -0.2) is 0 Å². The first kappa shape index (κ1) is 16.9. The number of nitrogens with one attached hydrogen (secondary N) is 1. The Labute approximate surface area is 151 Å². The molecular formula is C20H22N2O4. The monoisotopic (exact) mass is 354 g/mol. The largest absolute Gasteiger partial charge is 0.326 e. The van der Waals surface area contributed by atoms with Crippen molar-refractivity contribution in [2.75, 3.05) is 11.9 Å². The predicted octanol–water partition coefficient (Wildman–Crippen LogP) is 2.25. The van der Waals surface area contributed by atoms with Gasteiger partial charge < -0.3 is 5.32 Å². The lowest BCUT2D eigenvalue weighted by atomic mass is 9.81. The Morgan fingerprint density at radius 2 is 1.62 bits per heavy atom. The van der Waals surface area contributed by atoms with E-state index in [9.17, 15) is 19.2 Å². The molecule has 6 heteroatoms. The zero-order chi connectivity index (χ0) is 18.4. The van der Waals surface area contributed by atoms with E-state index in [1.54, 1.807) is 24.3 Å². The molecule has 4 atom stereocenters. The van der Waals surface area contributed by atoms with E-state index in [0.29, 0.717) is 23.1 Å². The number of anilines is 1. The van der Waals surface area contributed by atoms with E-state index in [1.165, 1.54) is 11.8 Å². The molecule has 4 rings (SSSR count). The smallest absolute Gasteiger partial charge is 0.233 e. The van der Waals surface area contributed by atoms with Crippen LogP contribution in [0.1, 0.15) is 43.0 Å². The van der Waals surface area contributed by atoms with E-state index in [1.807, 2.05) is 0 Å². The molecule has 0 unspecified atom stereocenters. The number of Topliss-reactive ketones (excluding diaryl/α,β-unsaturated/α-hetero) is 1. The van der Waals surface area contributed by atoms with E-state index in [2.05, 4.69) is 5.32 Å². The molecule has 0 spiro atoms.